The third-order valence-corrected chi connectivity index (χ3v) is 3.57. The number of carbonyl (C=O) groups excluding carboxylic acids is 2. The molecule has 1 rings (SSSR count). The molecule has 1 aliphatic heterocycles. The highest BCUT2D eigenvalue weighted by Gasteiger charge is 2.28. The first-order valence-corrected chi connectivity index (χ1v) is 6.99. The van der Waals surface area contributed by atoms with Gasteiger partial charge in [0.2, 0.25) is 5.91 Å². The molecule has 1 heterocycles. The average molecular weight is 285 g/mol. The second-order valence-corrected chi connectivity index (χ2v) is 5.00. The van der Waals surface area contributed by atoms with Gasteiger partial charge in [-0.3, -0.25) is 4.79 Å². The minimum Gasteiger partial charge on any atom is -0.480 e. The van der Waals surface area contributed by atoms with E-state index in [0.717, 1.165) is 0 Å². The second kappa shape index (κ2) is 7.72. The number of amides is 3. The van der Waals surface area contributed by atoms with Crippen molar-refractivity contribution >= 4 is 17.9 Å². The minimum absolute atomic E-state index is 0.000506. The third kappa shape index (κ3) is 4.40. The first-order valence-electron chi connectivity index (χ1n) is 6.99. The van der Waals surface area contributed by atoms with Crippen molar-refractivity contribution in [3.63, 3.8) is 0 Å². The van der Waals surface area contributed by atoms with Gasteiger partial charge in [-0.15, -0.1) is 0 Å². The van der Waals surface area contributed by atoms with Gasteiger partial charge in [-0.25, -0.2) is 9.59 Å². The molecule has 0 aliphatic carbocycles. The lowest BCUT2D eigenvalue weighted by molar-refractivity contribution is -0.139. The fourth-order valence-corrected chi connectivity index (χ4v) is 2.34. The summed E-state index contributed by atoms with van der Waals surface area (Å²) in [4.78, 5) is 36.0. The maximum absolute atomic E-state index is 12.0. The number of nitrogens with one attached hydrogen (secondary N) is 2. The Bertz CT molecular complexity index is 365. The van der Waals surface area contributed by atoms with Crippen LogP contribution >= 0.6 is 0 Å². The number of carboxylic acids is 1. The summed E-state index contributed by atoms with van der Waals surface area (Å²) in [5.41, 5.74) is 0. The van der Waals surface area contributed by atoms with Crippen LogP contribution in [0.2, 0.25) is 0 Å². The fourth-order valence-electron chi connectivity index (χ4n) is 2.34. The summed E-state index contributed by atoms with van der Waals surface area (Å²) < 4.78 is 0. The number of carboxylic acid groups (broad SMARTS) is 1. The van der Waals surface area contributed by atoms with E-state index in [1.165, 1.54) is 0 Å². The van der Waals surface area contributed by atoms with Gasteiger partial charge in [-0.05, 0) is 19.3 Å². The van der Waals surface area contributed by atoms with Crippen LogP contribution in [0.25, 0.3) is 0 Å². The van der Waals surface area contributed by atoms with Crippen molar-refractivity contribution < 1.29 is 19.5 Å². The number of hydrogen-bond acceptors (Lipinski definition) is 3. The Morgan fingerprint density at radius 2 is 1.90 bits per heavy atom. The molecular formula is C13H23N3O4. The van der Waals surface area contributed by atoms with Gasteiger partial charge in [0.15, 0.2) is 0 Å². The molecule has 0 spiro atoms. The van der Waals surface area contributed by atoms with Gasteiger partial charge in [0.05, 0.1) is 0 Å². The number of nitrogens with zero attached hydrogens (tertiary/aromatic N) is 1. The van der Waals surface area contributed by atoms with Crippen LogP contribution in [0.3, 0.4) is 0 Å². The highest BCUT2D eigenvalue weighted by Crippen LogP contribution is 2.17. The van der Waals surface area contributed by atoms with Gasteiger partial charge >= 0.3 is 12.0 Å². The Labute approximate surface area is 118 Å². The molecule has 0 saturated carbocycles. The van der Waals surface area contributed by atoms with Crippen molar-refractivity contribution in [3.05, 3.63) is 0 Å². The van der Waals surface area contributed by atoms with E-state index in [1.807, 2.05) is 6.92 Å². The predicted octanol–water partition coefficient (Wildman–Crippen LogP) is 0.407. The Balaban J connectivity index is 2.46. The van der Waals surface area contributed by atoms with Crippen LogP contribution in [-0.2, 0) is 9.59 Å². The molecule has 0 aromatic carbocycles. The van der Waals surface area contributed by atoms with Crippen LogP contribution in [-0.4, -0.2) is 54.1 Å². The molecular weight excluding hydrogens is 262 g/mol. The van der Waals surface area contributed by atoms with Crippen molar-refractivity contribution in [3.8, 4) is 0 Å². The zero-order chi connectivity index (χ0) is 15.1. The minimum atomic E-state index is -1.01. The number of hydrogen-bond donors (Lipinski definition) is 3. The van der Waals surface area contributed by atoms with E-state index in [-0.39, 0.29) is 17.9 Å². The highest BCUT2D eigenvalue weighted by atomic mass is 16.4. The van der Waals surface area contributed by atoms with Crippen LogP contribution in [0.4, 0.5) is 4.79 Å². The zero-order valence-corrected chi connectivity index (χ0v) is 12.0. The number of rotatable bonds is 5. The normalized spacial score (nSPS) is 17.4. The number of aliphatic carboxylic acids is 1. The number of carbonyl (C=O) groups is 3. The Morgan fingerprint density at radius 3 is 2.35 bits per heavy atom. The van der Waals surface area contributed by atoms with Gasteiger partial charge in [0.25, 0.3) is 0 Å². The van der Waals surface area contributed by atoms with Crippen LogP contribution in [0, 0.1) is 5.92 Å². The van der Waals surface area contributed by atoms with E-state index >= 15 is 0 Å². The SMILES string of the molecule is CCCC(NC(=O)N1CCC(C(=O)NC)CC1)C(=O)O. The molecule has 3 amide bonds. The summed E-state index contributed by atoms with van der Waals surface area (Å²) in [5, 5.41) is 14.2. The average Bonchev–Trinajstić information content (AvgIpc) is 2.45. The molecule has 1 saturated heterocycles. The van der Waals surface area contributed by atoms with Crippen molar-refractivity contribution in [1.82, 2.24) is 15.5 Å². The molecule has 114 valence electrons. The van der Waals surface area contributed by atoms with Crippen molar-refractivity contribution in [2.75, 3.05) is 20.1 Å². The van der Waals surface area contributed by atoms with Crippen LogP contribution in [0.5, 0.6) is 0 Å². The monoisotopic (exact) mass is 285 g/mol. The van der Waals surface area contributed by atoms with E-state index in [2.05, 4.69) is 10.6 Å². The Kier molecular flexibility index (Phi) is 6.27. The van der Waals surface area contributed by atoms with Crippen molar-refractivity contribution in [2.24, 2.45) is 5.92 Å². The second-order valence-electron chi connectivity index (χ2n) is 5.00. The van der Waals surface area contributed by atoms with Gasteiger partial charge in [0.1, 0.15) is 6.04 Å². The number of likely N-dealkylation sites (tertiary alicyclic amines) is 1. The lowest BCUT2D eigenvalue weighted by atomic mass is 9.96. The summed E-state index contributed by atoms with van der Waals surface area (Å²) in [6.45, 7) is 2.82. The molecule has 7 nitrogen and oxygen atoms in total. The topological polar surface area (TPSA) is 98.7 Å². The quantitative estimate of drug-likeness (QED) is 0.681. The largest absolute Gasteiger partial charge is 0.480 e. The predicted molar refractivity (Wildman–Crippen MR) is 73.2 cm³/mol. The van der Waals surface area contributed by atoms with Crippen LogP contribution < -0.4 is 10.6 Å². The van der Waals surface area contributed by atoms with Gasteiger partial charge in [0, 0.05) is 26.1 Å². The van der Waals surface area contributed by atoms with E-state index in [0.29, 0.717) is 38.8 Å². The summed E-state index contributed by atoms with van der Waals surface area (Å²) in [6.07, 6.45) is 2.32. The van der Waals surface area contributed by atoms with Crippen LogP contribution in [0.1, 0.15) is 32.6 Å². The molecule has 0 radical (unpaired) electrons. The van der Waals surface area contributed by atoms with Crippen molar-refractivity contribution in [2.45, 2.75) is 38.6 Å². The highest BCUT2D eigenvalue weighted by molar-refractivity contribution is 5.83. The van der Waals surface area contributed by atoms with Crippen LogP contribution in [0.15, 0.2) is 0 Å². The molecule has 20 heavy (non-hydrogen) atoms. The van der Waals surface area contributed by atoms with E-state index in [9.17, 15) is 14.4 Å². The van der Waals surface area contributed by atoms with Crippen molar-refractivity contribution in [1.29, 1.82) is 0 Å². The smallest absolute Gasteiger partial charge is 0.326 e. The molecule has 0 bridgehead atoms. The molecule has 0 aromatic rings. The fraction of sp³-hybridized carbons (Fsp3) is 0.769. The molecule has 7 heteroatoms. The first kappa shape index (κ1) is 16.3. The summed E-state index contributed by atoms with van der Waals surface area (Å²) >= 11 is 0. The summed E-state index contributed by atoms with van der Waals surface area (Å²) in [6, 6.07) is -1.20. The lowest BCUT2D eigenvalue weighted by Crippen LogP contribution is -2.51. The lowest BCUT2D eigenvalue weighted by Gasteiger charge is -2.32. The summed E-state index contributed by atoms with van der Waals surface area (Å²) in [7, 11) is 1.60. The Morgan fingerprint density at radius 1 is 1.30 bits per heavy atom. The first-order chi connectivity index (χ1) is 9.49. The number of piperidine rings is 1. The van der Waals surface area contributed by atoms with E-state index < -0.39 is 12.0 Å². The third-order valence-electron chi connectivity index (χ3n) is 3.57. The molecule has 1 atom stereocenters. The molecule has 3 N–H and O–H groups in total. The number of urea groups is 1. The molecule has 1 aliphatic rings. The summed E-state index contributed by atoms with van der Waals surface area (Å²) in [5.74, 6) is -1.07. The Hall–Kier alpha value is -1.79. The van der Waals surface area contributed by atoms with E-state index in [1.54, 1.807) is 11.9 Å². The van der Waals surface area contributed by atoms with Gasteiger partial charge in [-0.2, -0.15) is 0 Å². The molecule has 1 unspecified atom stereocenters. The molecule has 0 aromatic heterocycles. The zero-order valence-electron chi connectivity index (χ0n) is 12.0. The van der Waals surface area contributed by atoms with E-state index in [4.69, 9.17) is 5.11 Å². The molecule has 1 fully saturated rings. The maximum Gasteiger partial charge on any atom is 0.326 e. The standard InChI is InChI=1S/C13H23N3O4/c1-3-4-10(12(18)19)15-13(20)16-7-5-9(6-8-16)11(17)14-2/h9-10H,3-8H2,1-2H3,(H,14,17)(H,15,20)(H,18,19). The maximum atomic E-state index is 12.0. The van der Waals surface area contributed by atoms with Gasteiger partial charge < -0.3 is 20.6 Å². The van der Waals surface area contributed by atoms with Gasteiger partial charge in [-0.1, -0.05) is 13.3 Å².